The van der Waals surface area contributed by atoms with E-state index >= 15 is 0 Å². The Labute approximate surface area is 183 Å². The molecule has 160 valence electrons. The molecule has 11 heteroatoms. The van der Waals surface area contributed by atoms with Gasteiger partial charge in [0.1, 0.15) is 5.82 Å². The van der Waals surface area contributed by atoms with Crippen LogP contribution in [0.5, 0.6) is 0 Å². The van der Waals surface area contributed by atoms with Crippen molar-refractivity contribution in [2.75, 3.05) is 10.6 Å². The zero-order chi connectivity index (χ0) is 22.0. The van der Waals surface area contributed by atoms with Crippen LogP contribution < -0.4 is 9.86 Å². The van der Waals surface area contributed by atoms with Gasteiger partial charge >= 0.3 is 0 Å². The largest absolute Gasteiger partial charge is 0.309 e. The van der Waals surface area contributed by atoms with Crippen LogP contribution in [0, 0.1) is 0 Å². The Balaban J connectivity index is 1.54. The van der Waals surface area contributed by atoms with Crippen molar-refractivity contribution in [3.63, 3.8) is 0 Å². The first kappa shape index (κ1) is 21.1. The average molecular weight is 457 g/mol. The van der Waals surface area contributed by atoms with Crippen LogP contribution >= 0.6 is 11.8 Å². The number of anilines is 1. The fourth-order valence-electron chi connectivity index (χ4n) is 3.07. The van der Waals surface area contributed by atoms with Crippen LogP contribution in [-0.2, 0) is 29.4 Å². The molecule has 0 radical (unpaired) electrons. The van der Waals surface area contributed by atoms with Gasteiger partial charge < -0.3 is 9.55 Å². The SMILES string of the molecule is Cn1c(CN(c2ccccc2)S(C)(=O)=O)nnc1SCc1nc2ccccc2c(=O)[nH]1. The van der Waals surface area contributed by atoms with E-state index in [9.17, 15) is 13.2 Å². The second-order valence-corrected chi connectivity index (χ2v) is 9.73. The molecule has 0 aliphatic heterocycles. The summed E-state index contributed by atoms with van der Waals surface area (Å²) < 4.78 is 27.7. The lowest BCUT2D eigenvalue weighted by molar-refractivity contribution is 0.593. The van der Waals surface area contributed by atoms with E-state index in [0.717, 1.165) is 6.26 Å². The van der Waals surface area contributed by atoms with Gasteiger partial charge in [-0.05, 0) is 24.3 Å². The van der Waals surface area contributed by atoms with E-state index in [1.807, 2.05) is 12.1 Å². The van der Waals surface area contributed by atoms with Crippen molar-refractivity contribution < 1.29 is 8.42 Å². The van der Waals surface area contributed by atoms with Gasteiger partial charge in [-0.25, -0.2) is 13.4 Å². The molecular formula is C20H20N6O3S2. The van der Waals surface area contributed by atoms with E-state index in [1.54, 1.807) is 54.1 Å². The maximum atomic E-state index is 12.3. The normalized spacial score (nSPS) is 11.7. The molecule has 0 atom stereocenters. The number of rotatable bonds is 7. The third-order valence-corrected chi connectivity index (χ3v) is 6.83. The predicted molar refractivity (Wildman–Crippen MR) is 120 cm³/mol. The van der Waals surface area contributed by atoms with Crippen LogP contribution in [0.4, 0.5) is 5.69 Å². The summed E-state index contributed by atoms with van der Waals surface area (Å²) in [5, 5.41) is 9.48. The highest BCUT2D eigenvalue weighted by Gasteiger charge is 2.21. The number of sulfonamides is 1. The first-order valence-electron chi connectivity index (χ1n) is 9.34. The Morgan fingerprint density at radius 2 is 1.77 bits per heavy atom. The summed E-state index contributed by atoms with van der Waals surface area (Å²) in [5.74, 6) is 1.41. The summed E-state index contributed by atoms with van der Waals surface area (Å²) in [6, 6.07) is 16.0. The van der Waals surface area contributed by atoms with Crippen molar-refractivity contribution in [2.45, 2.75) is 17.5 Å². The van der Waals surface area contributed by atoms with Crippen molar-refractivity contribution in [3.05, 3.63) is 76.6 Å². The maximum Gasteiger partial charge on any atom is 0.258 e. The summed E-state index contributed by atoms with van der Waals surface area (Å²) in [6.07, 6.45) is 1.16. The smallest absolute Gasteiger partial charge is 0.258 e. The number of aromatic nitrogens is 5. The van der Waals surface area contributed by atoms with Crippen molar-refractivity contribution in [1.82, 2.24) is 24.7 Å². The Morgan fingerprint density at radius 1 is 1.06 bits per heavy atom. The van der Waals surface area contributed by atoms with Gasteiger partial charge in [-0.3, -0.25) is 9.10 Å². The summed E-state index contributed by atoms with van der Waals surface area (Å²) in [6.45, 7) is 0.0535. The molecule has 9 nitrogen and oxygen atoms in total. The quantitative estimate of drug-likeness (QED) is 0.425. The van der Waals surface area contributed by atoms with Gasteiger partial charge in [-0.2, -0.15) is 0 Å². The highest BCUT2D eigenvalue weighted by Crippen LogP contribution is 2.23. The van der Waals surface area contributed by atoms with Gasteiger partial charge in [0.15, 0.2) is 11.0 Å². The van der Waals surface area contributed by atoms with E-state index in [1.165, 1.54) is 16.1 Å². The van der Waals surface area contributed by atoms with Crippen LogP contribution in [0.3, 0.4) is 0 Å². The van der Waals surface area contributed by atoms with E-state index in [-0.39, 0.29) is 12.1 Å². The number of hydrogen-bond donors (Lipinski definition) is 1. The Bertz CT molecular complexity index is 1380. The molecule has 0 unspecified atom stereocenters. The molecule has 31 heavy (non-hydrogen) atoms. The van der Waals surface area contributed by atoms with Gasteiger partial charge in [-0.15, -0.1) is 10.2 Å². The molecule has 2 aromatic heterocycles. The fourth-order valence-corrected chi connectivity index (χ4v) is 4.72. The standard InChI is InChI=1S/C20H20N6O3S2/c1-25-18(12-26(31(2,28)29)14-8-4-3-5-9-14)23-24-20(25)30-13-17-21-16-11-7-6-10-15(16)19(27)22-17/h3-11H,12-13H2,1-2H3,(H,21,22,27). The molecule has 0 aliphatic carbocycles. The summed E-state index contributed by atoms with van der Waals surface area (Å²) in [7, 11) is -1.73. The Kier molecular flexibility index (Phi) is 5.79. The molecule has 0 spiro atoms. The van der Waals surface area contributed by atoms with Crippen molar-refractivity contribution in [2.24, 2.45) is 7.05 Å². The highest BCUT2D eigenvalue weighted by molar-refractivity contribution is 7.98. The lowest BCUT2D eigenvalue weighted by atomic mass is 10.2. The third-order valence-electron chi connectivity index (χ3n) is 4.65. The molecule has 2 aromatic carbocycles. The minimum atomic E-state index is -3.51. The zero-order valence-electron chi connectivity index (χ0n) is 16.9. The van der Waals surface area contributed by atoms with Crippen LogP contribution in [0.15, 0.2) is 64.5 Å². The number of H-pyrrole nitrogens is 1. The summed E-state index contributed by atoms with van der Waals surface area (Å²) in [5.41, 5.74) is 0.999. The summed E-state index contributed by atoms with van der Waals surface area (Å²) >= 11 is 1.36. The first-order chi connectivity index (χ1) is 14.8. The number of nitrogens with one attached hydrogen (secondary N) is 1. The number of fused-ring (bicyclic) bond motifs is 1. The average Bonchev–Trinajstić information content (AvgIpc) is 3.09. The lowest BCUT2D eigenvalue weighted by Crippen LogP contribution is -2.30. The van der Waals surface area contributed by atoms with E-state index in [2.05, 4.69) is 20.2 Å². The minimum absolute atomic E-state index is 0.0535. The number of nitrogens with zero attached hydrogens (tertiary/aromatic N) is 5. The van der Waals surface area contributed by atoms with Crippen molar-refractivity contribution >= 4 is 38.4 Å². The minimum Gasteiger partial charge on any atom is -0.309 e. The van der Waals surface area contributed by atoms with Crippen LogP contribution in [0.25, 0.3) is 10.9 Å². The molecule has 0 saturated heterocycles. The maximum absolute atomic E-state index is 12.3. The first-order valence-corrected chi connectivity index (χ1v) is 12.2. The van der Waals surface area contributed by atoms with Gasteiger partial charge in [0, 0.05) is 7.05 Å². The van der Waals surface area contributed by atoms with E-state index in [4.69, 9.17) is 0 Å². The van der Waals surface area contributed by atoms with Crippen molar-refractivity contribution in [3.8, 4) is 0 Å². The molecule has 0 fully saturated rings. The van der Waals surface area contributed by atoms with E-state index in [0.29, 0.717) is 39.1 Å². The monoisotopic (exact) mass is 456 g/mol. The number of para-hydroxylation sites is 2. The fraction of sp³-hybridized carbons (Fsp3) is 0.200. The Morgan fingerprint density at radius 3 is 2.52 bits per heavy atom. The molecule has 0 bridgehead atoms. The number of aromatic amines is 1. The van der Waals surface area contributed by atoms with Crippen LogP contribution in [-0.4, -0.2) is 39.4 Å². The molecule has 1 N–H and O–H groups in total. The molecule has 0 aliphatic rings. The second-order valence-electron chi connectivity index (χ2n) is 6.88. The van der Waals surface area contributed by atoms with Crippen LogP contribution in [0.1, 0.15) is 11.6 Å². The number of hydrogen-bond acceptors (Lipinski definition) is 7. The second kappa shape index (κ2) is 8.52. The van der Waals surface area contributed by atoms with Crippen molar-refractivity contribution in [1.29, 1.82) is 0 Å². The molecule has 2 heterocycles. The zero-order valence-corrected chi connectivity index (χ0v) is 18.5. The van der Waals surface area contributed by atoms with Gasteiger partial charge in [0.05, 0.1) is 35.1 Å². The summed E-state index contributed by atoms with van der Waals surface area (Å²) in [4.78, 5) is 19.5. The third kappa shape index (κ3) is 4.62. The number of thioether (sulfide) groups is 1. The molecular weight excluding hydrogens is 436 g/mol. The molecule has 0 saturated carbocycles. The van der Waals surface area contributed by atoms with Crippen LogP contribution in [0.2, 0.25) is 0 Å². The van der Waals surface area contributed by atoms with Gasteiger partial charge in [-0.1, -0.05) is 42.1 Å². The Hall–Kier alpha value is -3.18. The highest BCUT2D eigenvalue weighted by atomic mass is 32.2. The topological polar surface area (TPSA) is 114 Å². The lowest BCUT2D eigenvalue weighted by Gasteiger charge is -2.21. The molecule has 0 amide bonds. The number of benzene rings is 2. The molecule has 4 aromatic rings. The van der Waals surface area contributed by atoms with Gasteiger partial charge in [0.2, 0.25) is 10.0 Å². The van der Waals surface area contributed by atoms with E-state index < -0.39 is 10.0 Å². The predicted octanol–water partition coefficient (Wildman–Crippen LogP) is 2.31. The molecule has 4 rings (SSSR count). The van der Waals surface area contributed by atoms with Gasteiger partial charge in [0.25, 0.3) is 5.56 Å².